The second-order valence-electron chi connectivity index (χ2n) is 10.3. The van der Waals surface area contributed by atoms with E-state index in [2.05, 4.69) is 25.9 Å². The van der Waals surface area contributed by atoms with E-state index in [1.165, 1.54) is 31.6 Å². The Labute approximate surface area is 244 Å². The maximum atomic E-state index is 12.8. The number of amides is 2. The minimum Gasteiger partial charge on any atom is -0.493 e. The highest BCUT2D eigenvalue weighted by Crippen LogP contribution is 2.41. The lowest BCUT2D eigenvalue weighted by Gasteiger charge is -2.24. The highest BCUT2D eigenvalue weighted by atomic mass is 16.6. The van der Waals surface area contributed by atoms with Crippen LogP contribution in [0.3, 0.4) is 0 Å². The normalized spacial score (nSPS) is 13.2. The number of carboxylic acids is 1. The number of methoxy groups -OCH3 is 2. The number of rotatable bonds is 14. The predicted molar refractivity (Wildman–Crippen MR) is 156 cm³/mol. The SMILES string of the molecule is COc1cc(N/C=C2\C(=O)Nc3ncnc(NCCCN(C)C(=O)OC(C)(C)C)c32)cc(OCCCC(=O)O)c1OC. The average Bonchev–Trinajstić information content (AvgIpc) is 3.25. The van der Waals surface area contributed by atoms with Gasteiger partial charge < -0.3 is 44.9 Å². The van der Waals surface area contributed by atoms with E-state index in [0.717, 1.165) is 0 Å². The quantitative estimate of drug-likeness (QED) is 0.186. The van der Waals surface area contributed by atoms with Crippen LogP contribution in [-0.2, 0) is 14.3 Å². The summed E-state index contributed by atoms with van der Waals surface area (Å²) in [6.07, 6.45) is 3.37. The molecule has 0 saturated heterocycles. The number of anilines is 3. The molecule has 0 radical (unpaired) electrons. The first kappa shape index (κ1) is 31.8. The molecule has 1 aromatic heterocycles. The molecule has 1 aliphatic heterocycles. The molecule has 4 N–H and O–H groups in total. The van der Waals surface area contributed by atoms with Crippen LogP contribution in [0.2, 0.25) is 0 Å². The van der Waals surface area contributed by atoms with E-state index in [-0.39, 0.29) is 18.9 Å². The molecule has 2 aromatic rings. The van der Waals surface area contributed by atoms with Crippen molar-refractivity contribution >= 4 is 40.9 Å². The van der Waals surface area contributed by atoms with Gasteiger partial charge in [0.25, 0.3) is 5.91 Å². The summed E-state index contributed by atoms with van der Waals surface area (Å²) < 4.78 is 22.0. The molecular weight excluding hydrogens is 548 g/mol. The summed E-state index contributed by atoms with van der Waals surface area (Å²) in [4.78, 5) is 45.9. The lowest BCUT2D eigenvalue weighted by Crippen LogP contribution is -2.35. The third kappa shape index (κ3) is 8.62. The number of fused-ring (bicyclic) bond motifs is 1. The molecule has 1 aliphatic rings. The van der Waals surface area contributed by atoms with E-state index in [1.807, 2.05) is 20.8 Å². The Morgan fingerprint density at radius 3 is 2.52 bits per heavy atom. The molecule has 228 valence electrons. The summed E-state index contributed by atoms with van der Waals surface area (Å²) in [5.74, 6) is 0.635. The standard InChI is InChI=1S/C28H38N6O8/c1-28(2,3)42-27(38)34(4)11-8-10-29-24-22-18(26(37)33-25(22)32-16-31-24)15-30-17-13-19(39-5)23(40-6)20(14-17)41-12-7-9-21(35)36/h13-16,30H,7-12H2,1-6H3,(H,35,36)(H2,29,31,32,33,37)/b18-15-. The summed E-state index contributed by atoms with van der Waals surface area (Å²) in [6, 6.07) is 3.34. The second-order valence-corrected chi connectivity index (χ2v) is 10.3. The molecule has 14 nitrogen and oxygen atoms in total. The average molecular weight is 587 g/mol. The zero-order chi connectivity index (χ0) is 30.9. The van der Waals surface area contributed by atoms with Crippen molar-refractivity contribution in [1.82, 2.24) is 14.9 Å². The van der Waals surface area contributed by atoms with Gasteiger partial charge in [-0.25, -0.2) is 14.8 Å². The Balaban J connectivity index is 1.73. The van der Waals surface area contributed by atoms with Crippen LogP contribution in [0, 0.1) is 0 Å². The second kappa shape index (κ2) is 14.2. The molecule has 0 bridgehead atoms. The number of carbonyl (C=O) groups is 3. The fraction of sp³-hybridized carbons (Fsp3) is 0.464. The van der Waals surface area contributed by atoms with Gasteiger partial charge in [0, 0.05) is 50.6 Å². The molecule has 0 atom stereocenters. The van der Waals surface area contributed by atoms with E-state index in [4.69, 9.17) is 24.1 Å². The fourth-order valence-corrected chi connectivity index (χ4v) is 3.93. The van der Waals surface area contributed by atoms with E-state index >= 15 is 0 Å². The van der Waals surface area contributed by atoms with Gasteiger partial charge in [-0.15, -0.1) is 0 Å². The zero-order valence-electron chi connectivity index (χ0n) is 24.7. The number of nitrogens with one attached hydrogen (secondary N) is 3. The minimum atomic E-state index is -0.911. The van der Waals surface area contributed by atoms with Crippen LogP contribution in [0.5, 0.6) is 17.2 Å². The van der Waals surface area contributed by atoms with E-state index in [1.54, 1.807) is 19.2 Å². The summed E-state index contributed by atoms with van der Waals surface area (Å²) in [5.41, 5.74) is 0.763. The molecule has 1 aromatic carbocycles. The number of aromatic nitrogens is 2. The zero-order valence-corrected chi connectivity index (χ0v) is 24.7. The molecule has 14 heteroatoms. The summed E-state index contributed by atoms with van der Waals surface area (Å²) in [6.45, 7) is 6.53. The minimum absolute atomic E-state index is 0.0309. The van der Waals surface area contributed by atoms with E-state index in [0.29, 0.717) is 71.6 Å². The van der Waals surface area contributed by atoms with Crippen molar-refractivity contribution in [3.63, 3.8) is 0 Å². The smallest absolute Gasteiger partial charge is 0.410 e. The van der Waals surface area contributed by atoms with Gasteiger partial charge in [-0.1, -0.05) is 0 Å². The van der Waals surface area contributed by atoms with Gasteiger partial charge in [-0.3, -0.25) is 9.59 Å². The predicted octanol–water partition coefficient (Wildman–Crippen LogP) is 3.81. The van der Waals surface area contributed by atoms with Crippen molar-refractivity contribution in [3.05, 3.63) is 30.2 Å². The highest BCUT2D eigenvalue weighted by Gasteiger charge is 2.29. The molecular formula is C28H38N6O8. The lowest BCUT2D eigenvalue weighted by atomic mass is 10.1. The van der Waals surface area contributed by atoms with E-state index in [9.17, 15) is 14.4 Å². The van der Waals surface area contributed by atoms with Gasteiger partial charge in [0.15, 0.2) is 11.5 Å². The Kier molecular flexibility index (Phi) is 10.8. The number of nitrogens with zero attached hydrogens (tertiary/aromatic N) is 3. The monoisotopic (exact) mass is 586 g/mol. The van der Waals surface area contributed by atoms with Crippen molar-refractivity contribution in [2.75, 3.05) is 56.9 Å². The van der Waals surface area contributed by atoms with Gasteiger partial charge in [0.1, 0.15) is 23.6 Å². The van der Waals surface area contributed by atoms with Crippen LogP contribution < -0.4 is 30.2 Å². The first-order valence-electron chi connectivity index (χ1n) is 13.4. The van der Waals surface area contributed by atoms with Crippen molar-refractivity contribution in [2.24, 2.45) is 0 Å². The summed E-state index contributed by atoms with van der Waals surface area (Å²) in [5, 5.41) is 17.9. The maximum Gasteiger partial charge on any atom is 0.410 e. The van der Waals surface area contributed by atoms with Crippen LogP contribution in [0.15, 0.2) is 24.7 Å². The number of aliphatic carboxylic acids is 1. The van der Waals surface area contributed by atoms with Crippen LogP contribution in [0.4, 0.5) is 22.1 Å². The molecule has 42 heavy (non-hydrogen) atoms. The number of benzene rings is 1. The van der Waals surface area contributed by atoms with Gasteiger partial charge in [-0.2, -0.15) is 0 Å². The Bertz CT molecular complexity index is 1320. The van der Waals surface area contributed by atoms with Crippen molar-refractivity contribution in [3.8, 4) is 17.2 Å². The van der Waals surface area contributed by atoms with Gasteiger partial charge in [0.2, 0.25) is 5.75 Å². The Morgan fingerprint density at radius 2 is 1.86 bits per heavy atom. The van der Waals surface area contributed by atoms with Crippen molar-refractivity contribution < 1.29 is 38.4 Å². The number of ether oxygens (including phenoxy) is 4. The molecule has 0 fully saturated rings. The third-order valence-electron chi connectivity index (χ3n) is 5.88. The van der Waals surface area contributed by atoms with Crippen LogP contribution in [-0.4, -0.2) is 84.5 Å². The molecule has 0 spiro atoms. The summed E-state index contributed by atoms with van der Waals surface area (Å²) in [7, 11) is 4.63. The molecule has 3 rings (SSSR count). The number of carboxylic acid groups (broad SMARTS) is 1. The molecule has 2 amide bonds. The maximum absolute atomic E-state index is 12.8. The van der Waals surface area contributed by atoms with Gasteiger partial charge in [-0.05, 0) is 33.6 Å². The third-order valence-corrected chi connectivity index (χ3v) is 5.88. The Hall–Kier alpha value is -4.75. The lowest BCUT2D eigenvalue weighted by molar-refractivity contribution is -0.137. The molecule has 0 aliphatic carbocycles. The van der Waals surface area contributed by atoms with E-state index < -0.39 is 17.7 Å². The highest BCUT2D eigenvalue weighted by molar-refractivity contribution is 6.32. The number of carbonyl (C=O) groups excluding carboxylic acids is 2. The van der Waals surface area contributed by atoms with Crippen LogP contribution in [0.25, 0.3) is 5.57 Å². The molecule has 2 heterocycles. The van der Waals surface area contributed by atoms with Crippen molar-refractivity contribution in [2.45, 2.75) is 45.6 Å². The topological polar surface area (TPSA) is 173 Å². The van der Waals surface area contributed by atoms with Gasteiger partial charge in [0.05, 0.1) is 32.0 Å². The van der Waals surface area contributed by atoms with Crippen LogP contribution in [0.1, 0.15) is 45.6 Å². The first-order chi connectivity index (χ1) is 19.9. The number of hydrogen-bond donors (Lipinski definition) is 4. The first-order valence-corrected chi connectivity index (χ1v) is 13.4. The van der Waals surface area contributed by atoms with Crippen molar-refractivity contribution in [1.29, 1.82) is 0 Å². The Morgan fingerprint density at radius 1 is 1.12 bits per heavy atom. The summed E-state index contributed by atoms with van der Waals surface area (Å²) >= 11 is 0. The largest absolute Gasteiger partial charge is 0.493 e. The fourth-order valence-electron chi connectivity index (χ4n) is 3.93. The number of hydrogen-bond acceptors (Lipinski definition) is 11. The molecule has 0 saturated carbocycles. The van der Waals surface area contributed by atoms with Gasteiger partial charge >= 0.3 is 12.1 Å². The molecule has 0 unspecified atom stereocenters. The van der Waals surface area contributed by atoms with Crippen LogP contribution >= 0.6 is 0 Å².